The Hall–Kier alpha value is -0.810. The maximum atomic E-state index is 12.9. The number of thiol groups is 1. The molecule has 0 atom stereocenters. The summed E-state index contributed by atoms with van der Waals surface area (Å²) in [5.74, 6) is -3.23. The van der Waals surface area contributed by atoms with Gasteiger partial charge in [0.1, 0.15) is 0 Å². The van der Waals surface area contributed by atoms with E-state index in [0.29, 0.717) is 6.07 Å². The number of esters is 1. The third-order valence-electron chi connectivity index (χ3n) is 1.54. The molecule has 0 aliphatic heterocycles. The summed E-state index contributed by atoms with van der Waals surface area (Å²) in [6, 6.07) is 0.670. The molecule has 0 aliphatic rings. The zero-order valence-corrected chi connectivity index (χ0v) is 8.63. The van der Waals surface area contributed by atoms with Crippen LogP contribution in [0.3, 0.4) is 0 Å². The van der Waals surface area contributed by atoms with Crippen molar-refractivity contribution >= 4 is 30.2 Å². The summed E-state index contributed by atoms with van der Waals surface area (Å²) in [5.41, 5.74) is -0.252. The number of halogens is 3. The Bertz CT molecular complexity index is 395. The van der Waals surface area contributed by atoms with Gasteiger partial charge in [0.25, 0.3) is 0 Å². The molecule has 0 amide bonds. The molecule has 0 aliphatic carbocycles. The molecular weight excluding hydrogens is 234 g/mol. The van der Waals surface area contributed by atoms with Gasteiger partial charge in [0.2, 0.25) is 0 Å². The first-order valence-electron chi connectivity index (χ1n) is 3.43. The Morgan fingerprint density at radius 1 is 1.57 bits per heavy atom. The van der Waals surface area contributed by atoms with Crippen LogP contribution in [0.4, 0.5) is 8.78 Å². The summed E-state index contributed by atoms with van der Waals surface area (Å²) in [5, 5.41) is -0.265. The second kappa shape index (κ2) is 4.14. The first-order valence-corrected chi connectivity index (χ1v) is 4.26. The topological polar surface area (TPSA) is 26.3 Å². The van der Waals surface area contributed by atoms with Crippen molar-refractivity contribution in [2.45, 2.75) is 4.90 Å². The minimum absolute atomic E-state index is 0.252. The lowest BCUT2D eigenvalue weighted by molar-refractivity contribution is 0.0600. The smallest absolute Gasteiger partial charge is 0.339 e. The van der Waals surface area contributed by atoms with Crippen LogP contribution >= 0.6 is 24.2 Å². The van der Waals surface area contributed by atoms with Gasteiger partial charge in [0.15, 0.2) is 11.6 Å². The van der Waals surface area contributed by atoms with Gasteiger partial charge in [-0.15, -0.1) is 12.6 Å². The van der Waals surface area contributed by atoms with Crippen molar-refractivity contribution in [1.29, 1.82) is 0 Å². The van der Waals surface area contributed by atoms with E-state index >= 15 is 0 Å². The minimum atomic E-state index is -1.19. The van der Waals surface area contributed by atoms with Crippen molar-refractivity contribution in [2.24, 2.45) is 0 Å². The fourth-order valence-electron chi connectivity index (χ4n) is 0.849. The molecule has 0 heterocycles. The zero-order valence-electron chi connectivity index (χ0n) is 6.97. The number of carbonyl (C=O) groups is 1. The number of benzene rings is 1. The molecule has 0 radical (unpaired) electrons. The van der Waals surface area contributed by atoms with Crippen LogP contribution in [0.15, 0.2) is 11.0 Å². The Labute approximate surface area is 89.2 Å². The summed E-state index contributed by atoms with van der Waals surface area (Å²) in [6.07, 6.45) is 0. The summed E-state index contributed by atoms with van der Waals surface area (Å²) >= 11 is 9.19. The monoisotopic (exact) mass is 238 g/mol. The zero-order chi connectivity index (χ0) is 10.9. The molecule has 1 aromatic rings. The highest BCUT2D eigenvalue weighted by atomic mass is 35.5. The lowest BCUT2D eigenvalue weighted by Crippen LogP contribution is -2.04. The van der Waals surface area contributed by atoms with E-state index in [0.717, 1.165) is 7.11 Å². The molecule has 0 saturated heterocycles. The molecule has 0 N–H and O–H groups in total. The van der Waals surface area contributed by atoms with Crippen molar-refractivity contribution in [3.05, 3.63) is 28.3 Å². The third-order valence-corrected chi connectivity index (χ3v) is 2.48. The molecule has 0 aromatic heterocycles. The largest absolute Gasteiger partial charge is 0.465 e. The molecule has 2 nitrogen and oxygen atoms in total. The van der Waals surface area contributed by atoms with E-state index in [1.54, 1.807) is 0 Å². The van der Waals surface area contributed by atoms with Gasteiger partial charge in [0.05, 0.1) is 22.6 Å². The van der Waals surface area contributed by atoms with E-state index in [2.05, 4.69) is 17.4 Å². The van der Waals surface area contributed by atoms with Crippen LogP contribution in [0.5, 0.6) is 0 Å². The van der Waals surface area contributed by atoms with Gasteiger partial charge in [-0.2, -0.15) is 0 Å². The molecule has 6 heteroatoms. The molecular formula is C8H5ClF2O2S. The van der Waals surface area contributed by atoms with Gasteiger partial charge in [-0.3, -0.25) is 0 Å². The predicted molar refractivity (Wildman–Crippen MR) is 50.0 cm³/mol. The van der Waals surface area contributed by atoms with Crippen molar-refractivity contribution < 1.29 is 18.3 Å². The van der Waals surface area contributed by atoms with E-state index in [-0.39, 0.29) is 10.6 Å². The molecule has 0 spiro atoms. The first-order chi connectivity index (χ1) is 6.49. The van der Waals surface area contributed by atoms with Crippen molar-refractivity contribution in [3.8, 4) is 0 Å². The quantitative estimate of drug-likeness (QED) is 0.463. The van der Waals surface area contributed by atoms with Gasteiger partial charge in [-0.1, -0.05) is 11.6 Å². The number of methoxy groups -OCH3 is 1. The number of hydrogen-bond acceptors (Lipinski definition) is 3. The molecule has 0 fully saturated rings. The van der Waals surface area contributed by atoms with Crippen LogP contribution in [-0.2, 0) is 4.74 Å². The number of hydrogen-bond donors (Lipinski definition) is 1. The highest BCUT2D eigenvalue weighted by Crippen LogP contribution is 2.29. The standard InChI is InChI=1S/C8H5ClF2O2S/c1-13-8(12)3-2-4(10)6(11)7(14)5(3)9/h2,14H,1H3. The molecule has 1 aromatic carbocycles. The average molecular weight is 239 g/mol. The number of rotatable bonds is 1. The molecule has 0 unspecified atom stereocenters. The average Bonchev–Trinajstić information content (AvgIpc) is 2.19. The van der Waals surface area contributed by atoms with E-state index < -0.39 is 22.5 Å². The van der Waals surface area contributed by atoms with Crippen molar-refractivity contribution in [1.82, 2.24) is 0 Å². The Morgan fingerprint density at radius 3 is 2.64 bits per heavy atom. The summed E-state index contributed by atoms with van der Waals surface area (Å²) in [4.78, 5) is 10.6. The Morgan fingerprint density at radius 2 is 2.14 bits per heavy atom. The highest BCUT2D eigenvalue weighted by Gasteiger charge is 2.19. The van der Waals surface area contributed by atoms with Gasteiger partial charge < -0.3 is 4.74 Å². The molecule has 0 saturated carbocycles. The van der Waals surface area contributed by atoms with E-state index in [1.807, 2.05) is 0 Å². The van der Waals surface area contributed by atoms with Crippen LogP contribution in [0.2, 0.25) is 5.02 Å². The lowest BCUT2D eigenvalue weighted by atomic mass is 10.2. The maximum absolute atomic E-state index is 12.9. The Balaban J connectivity index is 3.40. The van der Waals surface area contributed by atoms with Gasteiger partial charge in [-0.25, -0.2) is 13.6 Å². The first kappa shape index (κ1) is 11.3. The van der Waals surface area contributed by atoms with Crippen LogP contribution in [0.25, 0.3) is 0 Å². The summed E-state index contributed by atoms with van der Waals surface area (Å²) < 4.78 is 30.0. The second-order valence-electron chi connectivity index (χ2n) is 2.37. The van der Waals surface area contributed by atoms with Crippen LogP contribution in [0.1, 0.15) is 10.4 Å². The SMILES string of the molecule is COC(=O)c1cc(F)c(F)c(S)c1Cl. The maximum Gasteiger partial charge on any atom is 0.339 e. The molecule has 76 valence electrons. The Kier molecular flexibility index (Phi) is 3.34. The summed E-state index contributed by atoms with van der Waals surface area (Å²) in [6.45, 7) is 0. The van der Waals surface area contributed by atoms with Crippen molar-refractivity contribution in [3.63, 3.8) is 0 Å². The van der Waals surface area contributed by atoms with E-state index in [4.69, 9.17) is 11.6 Å². The normalized spacial score (nSPS) is 10.1. The van der Waals surface area contributed by atoms with Crippen molar-refractivity contribution in [2.75, 3.05) is 7.11 Å². The van der Waals surface area contributed by atoms with Crippen LogP contribution in [0, 0.1) is 11.6 Å². The predicted octanol–water partition coefficient (Wildman–Crippen LogP) is 2.69. The molecule has 1 rings (SSSR count). The van der Waals surface area contributed by atoms with Crippen LogP contribution in [-0.4, -0.2) is 13.1 Å². The van der Waals surface area contributed by atoms with Gasteiger partial charge >= 0.3 is 5.97 Å². The van der Waals surface area contributed by atoms with Crippen LogP contribution < -0.4 is 0 Å². The minimum Gasteiger partial charge on any atom is -0.465 e. The molecule has 0 bridgehead atoms. The molecule has 14 heavy (non-hydrogen) atoms. The lowest BCUT2D eigenvalue weighted by Gasteiger charge is -2.05. The number of ether oxygens (including phenoxy) is 1. The fourth-order valence-corrected chi connectivity index (χ4v) is 1.29. The van der Waals surface area contributed by atoms with Gasteiger partial charge in [-0.05, 0) is 6.07 Å². The fraction of sp³-hybridized carbons (Fsp3) is 0.125. The number of carbonyl (C=O) groups excluding carboxylic acids is 1. The summed E-state index contributed by atoms with van der Waals surface area (Å²) in [7, 11) is 1.11. The third kappa shape index (κ3) is 1.83. The van der Waals surface area contributed by atoms with Gasteiger partial charge in [0, 0.05) is 0 Å². The highest BCUT2D eigenvalue weighted by molar-refractivity contribution is 7.80. The second-order valence-corrected chi connectivity index (χ2v) is 3.20. The van der Waals surface area contributed by atoms with E-state index in [9.17, 15) is 13.6 Å². The van der Waals surface area contributed by atoms with E-state index in [1.165, 1.54) is 0 Å².